The van der Waals surface area contributed by atoms with Crippen LogP contribution in [-0.2, 0) is 4.74 Å². The van der Waals surface area contributed by atoms with Gasteiger partial charge in [0.15, 0.2) is 11.4 Å². The predicted octanol–water partition coefficient (Wildman–Crippen LogP) is 1.97. The Morgan fingerprint density at radius 3 is 3.16 bits per heavy atom. The molecule has 1 aromatic rings. The highest BCUT2D eigenvalue weighted by molar-refractivity contribution is 5.62. The Kier molecular flexibility index (Phi) is 4.58. The average molecular weight is 261 g/mol. The van der Waals surface area contributed by atoms with E-state index >= 15 is 0 Å². The molecule has 0 amide bonds. The van der Waals surface area contributed by atoms with Gasteiger partial charge in [-0.1, -0.05) is 6.92 Å². The molecule has 0 radical (unpaired) electrons. The van der Waals surface area contributed by atoms with Crippen molar-refractivity contribution >= 4 is 5.69 Å². The SMILES string of the molecule is CCCOc1c(N2CCOC(C)C2)ccnc1C#N. The molecule has 2 heterocycles. The topological polar surface area (TPSA) is 58.4 Å². The number of ether oxygens (including phenoxy) is 2. The van der Waals surface area contributed by atoms with Gasteiger partial charge in [-0.3, -0.25) is 0 Å². The van der Waals surface area contributed by atoms with Crippen molar-refractivity contribution in [2.45, 2.75) is 26.4 Å². The van der Waals surface area contributed by atoms with E-state index in [0.29, 0.717) is 24.7 Å². The van der Waals surface area contributed by atoms with Crippen LogP contribution in [-0.4, -0.2) is 37.4 Å². The lowest BCUT2D eigenvalue weighted by Gasteiger charge is -2.33. The minimum Gasteiger partial charge on any atom is -0.488 e. The fourth-order valence-electron chi connectivity index (χ4n) is 2.15. The van der Waals surface area contributed by atoms with Crippen molar-refractivity contribution in [2.75, 3.05) is 31.2 Å². The first-order chi connectivity index (χ1) is 9.26. The van der Waals surface area contributed by atoms with Crippen LogP contribution in [0.1, 0.15) is 26.0 Å². The number of nitriles is 1. The van der Waals surface area contributed by atoms with Crippen LogP contribution in [0.3, 0.4) is 0 Å². The van der Waals surface area contributed by atoms with E-state index in [-0.39, 0.29) is 6.10 Å². The molecule has 19 heavy (non-hydrogen) atoms. The first-order valence-electron chi connectivity index (χ1n) is 6.64. The number of aromatic nitrogens is 1. The molecule has 1 saturated heterocycles. The molecule has 2 rings (SSSR count). The van der Waals surface area contributed by atoms with Gasteiger partial charge in [-0.2, -0.15) is 5.26 Å². The summed E-state index contributed by atoms with van der Waals surface area (Å²) in [7, 11) is 0. The summed E-state index contributed by atoms with van der Waals surface area (Å²) in [5.41, 5.74) is 1.29. The number of anilines is 1. The third-order valence-corrected chi connectivity index (χ3v) is 3.02. The summed E-state index contributed by atoms with van der Waals surface area (Å²) in [4.78, 5) is 6.28. The van der Waals surface area contributed by atoms with Crippen LogP contribution in [0, 0.1) is 11.3 Å². The minimum absolute atomic E-state index is 0.187. The molecule has 0 saturated carbocycles. The van der Waals surface area contributed by atoms with E-state index in [1.165, 1.54) is 0 Å². The van der Waals surface area contributed by atoms with E-state index < -0.39 is 0 Å². The molecule has 1 aliphatic heterocycles. The second kappa shape index (κ2) is 6.39. The van der Waals surface area contributed by atoms with Crippen molar-refractivity contribution in [2.24, 2.45) is 0 Å². The van der Waals surface area contributed by atoms with E-state index in [2.05, 4.69) is 16.0 Å². The molecule has 1 aliphatic rings. The van der Waals surface area contributed by atoms with Crippen molar-refractivity contribution < 1.29 is 9.47 Å². The Morgan fingerprint density at radius 2 is 2.47 bits per heavy atom. The van der Waals surface area contributed by atoms with Crippen LogP contribution >= 0.6 is 0 Å². The van der Waals surface area contributed by atoms with Crippen molar-refractivity contribution in [1.29, 1.82) is 5.26 Å². The molecule has 0 spiro atoms. The summed E-state index contributed by atoms with van der Waals surface area (Å²) in [5, 5.41) is 9.16. The molecular weight excluding hydrogens is 242 g/mol. The van der Waals surface area contributed by atoms with Crippen LogP contribution < -0.4 is 9.64 Å². The highest BCUT2D eigenvalue weighted by atomic mass is 16.5. The number of nitrogens with zero attached hydrogens (tertiary/aromatic N) is 3. The smallest absolute Gasteiger partial charge is 0.184 e. The van der Waals surface area contributed by atoms with Gasteiger partial charge in [-0.15, -0.1) is 0 Å². The van der Waals surface area contributed by atoms with Gasteiger partial charge in [0.25, 0.3) is 0 Å². The molecule has 0 bridgehead atoms. The van der Waals surface area contributed by atoms with Gasteiger partial charge < -0.3 is 14.4 Å². The first-order valence-corrected chi connectivity index (χ1v) is 6.64. The molecule has 5 heteroatoms. The summed E-state index contributed by atoms with van der Waals surface area (Å²) in [6, 6.07) is 4.01. The molecule has 0 aliphatic carbocycles. The Balaban J connectivity index is 2.30. The molecule has 1 unspecified atom stereocenters. The largest absolute Gasteiger partial charge is 0.488 e. The molecule has 0 N–H and O–H groups in total. The lowest BCUT2D eigenvalue weighted by atomic mass is 10.2. The molecule has 0 aromatic carbocycles. The number of morpholine rings is 1. The van der Waals surface area contributed by atoms with Crippen molar-refractivity contribution in [3.05, 3.63) is 18.0 Å². The highest BCUT2D eigenvalue weighted by Gasteiger charge is 2.22. The summed E-state index contributed by atoms with van der Waals surface area (Å²) in [6.45, 7) is 6.98. The van der Waals surface area contributed by atoms with Crippen LogP contribution in [0.5, 0.6) is 5.75 Å². The van der Waals surface area contributed by atoms with Crippen molar-refractivity contribution in [3.8, 4) is 11.8 Å². The second-order valence-electron chi connectivity index (χ2n) is 4.60. The van der Waals surface area contributed by atoms with Gasteiger partial charge in [0.1, 0.15) is 6.07 Å². The predicted molar refractivity (Wildman–Crippen MR) is 72.4 cm³/mol. The van der Waals surface area contributed by atoms with E-state index in [1.807, 2.05) is 19.9 Å². The van der Waals surface area contributed by atoms with Gasteiger partial charge in [0.2, 0.25) is 0 Å². The maximum absolute atomic E-state index is 9.16. The van der Waals surface area contributed by atoms with Crippen LogP contribution in [0.15, 0.2) is 12.3 Å². The zero-order valence-corrected chi connectivity index (χ0v) is 11.4. The average Bonchev–Trinajstić information content (AvgIpc) is 2.44. The molecule has 1 aromatic heterocycles. The molecule has 102 valence electrons. The third kappa shape index (κ3) is 3.15. The van der Waals surface area contributed by atoms with Crippen molar-refractivity contribution in [1.82, 2.24) is 4.98 Å². The normalized spacial score (nSPS) is 19.0. The zero-order chi connectivity index (χ0) is 13.7. The van der Waals surface area contributed by atoms with E-state index in [0.717, 1.165) is 25.2 Å². The summed E-state index contributed by atoms with van der Waals surface area (Å²) >= 11 is 0. The first kappa shape index (κ1) is 13.6. The standard InChI is InChI=1S/C14H19N3O2/c1-3-7-19-14-12(9-15)16-5-4-13(14)17-6-8-18-11(2)10-17/h4-5,11H,3,6-8,10H2,1-2H3. The summed E-state index contributed by atoms with van der Waals surface area (Å²) < 4.78 is 11.3. The molecular formula is C14H19N3O2. The Morgan fingerprint density at radius 1 is 1.63 bits per heavy atom. The maximum Gasteiger partial charge on any atom is 0.184 e. The van der Waals surface area contributed by atoms with Crippen LogP contribution in [0.2, 0.25) is 0 Å². The molecule has 1 atom stereocenters. The maximum atomic E-state index is 9.16. The number of hydrogen-bond donors (Lipinski definition) is 0. The lowest BCUT2D eigenvalue weighted by Crippen LogP contribution is -2.41. The number of hydrogen-bond acceptors (Lipinski definition) is 5. The Labute approximate surface area is 113 Å². The van der Waals surface area contributed by atoms with Gasteiger partial charge in [-0.25, -0.2) is 4.98 Å². The Bertz CT molecular complexity index is 470. The molecule has 1 fully saturated rings. The number of pyridine rings is 1. The second-order valence-corrected chi connectivity index (χ2v) is 4.60. The van der Waals surface area contributed by atoms with Gasteiger partial charge in [0, 0.05) is 19.3 Å². The summed E-state index contributed by atoms with van der Waals surface area (Å²) in [6.07, 6.45) is 2.75. The quantitative estimate of drug-likeness (QED) is 0.829. The van der Waals surface area contributed by atoms with E-state index in [9.17, 15) is 0 Å². The van der Waals surface area contributed by atoms with E-state index in [4.69, 9.17) is 14.7 Å². The van der Waals surface area contributed by atoms with E-state index in [1.54, 1.807) is 6.20 Å². The van der Waals surface area contributed by atoms with Gasteiger partial charge in [0.05, 0.1) is 25.0 Å². The number of rotatable bonds is 4. The van der Waals surface area contributed by atoms with Gasteiger partial charge >= 0.3 is 0 Å². The minimum atomic E-state index is 0.187. The lowest BCUT2D eigenvalue weighted by molar-refractivity contribution is 0.0530. The molecule has 5 nitrogen and oxygen atoms in total. The summed E-state index contributed by atoms with van der Waals surface area (Å²) in [5.74, 6) is 0.598. The fourth-order valence-corrected chi connectivity index (χ4v) is 2.15. The van der Waals surface area contributed by atoms with Crippen molar-refractivity contribution in [3.63, 3.8) is 0 Å². The monoisotopic (exact) mass is 261 g/mol. The van der Waals surface area contributed by atoms with Gasteiger partial charge in [-0.05, 0) is 19.4 Å². The zero-order valence-electron chi connectivity index (χ0n) is 11.4. The fraction of sp³-hybridized carbons (Fsp3) is 0.571. The Hall–Kier alpha value is -1.80. The van der Waals surface area contributed by atoms with Crippen LogP contribution in [0.4, 0.5) is 5.69 Å². The van der Waals surface area contributed by atoms with Crippen LogP contribution in [0.25, 0.3) is 0 Å². The third-order valence-electron chi connectivity index (χ3n) is 3.02. The highest BCUT2D eigenvalue weighted by Crippen LogP contribution is 2.31.